The smallest absolute Gasteiger partial charge is 0.231 e. The molecule has 0 fully saturated rings. The summed E-state index contributed by atoms with van der Waals surface area (Å²) in [5, 5.41) is 10.8. The van der Waals surface area contributed by atoms with Gasteiger partial charge in [-0.1, -0.05) is 94.0 Å². The molecule has 0 aliphatic heterocycles. The average Bonchev–Trinajstić information content (AvgIpc) is 3.15. The zero-order chi connectivity index (χ0) is 21.3. The van der Waals surface area contributed by atoms with E-state index in [4.69, 9.17) is 27.6 Å². The van der Waals surface area contributed by atoms with E-state index in [1.54, 1.807) is 6.07 Å². The van der Waals surface area contributed by atoms with Gasteiger partial charge in [-0.05, 0) is 42.7 Å². The van der Waals surface area contributed by atoms with Gasteiger partial charge in [-0.15, -0.1) is 0 Å². The Morgan fingerprint density at radius 3 is 2.23 bits per heavy atom. The van der Waals surface area contributed by atoms with Crippen LogP contribution in [0.3, 0.4) is 0 Å². The Labute approximate surface area is 189 Å². The summed E-state index contributed by atoms with van der Waals surface area (Å²) in [5.41, 5.74) is 3.13. The van der Waals surface area contributed by atoms with Gasteiger partial charge in [0, 0.05) is 5.02 Å². The first kappa shape index (κ1) is 23.0. The molecule has 0 bridgehead atoms. The Hall–Kier alpha value is -1.71. The summed E-state index contributed by atoms with van der Waals surface area (Å²) in [6, 6.07) is 9.21. The number of hydrogen-bond acceptors (Lipinski definition) is 3. The quantitative estimate of drug-likeness (QED) is 0.281. The summed E-state index contributed by atoms with van der Waals surface area (Å²) >= 11 is 12.1. The highest BCUT2D eigenvalue weighted by molar-refractivity contribution is 6.36. The third-order valence-electron chi connectivity index (χ3n) is 5.53. The fraction of sp³-hybridized carbons (Fsp3) is 0.480. The molecular weight excluding hydrogens is 417 g/mol. The highest BCUT2D eigenvalue weighted by atomic mass is 35.5. The predicted molar refractivity (Wildman–Crippen MR) is 127 cm³/mol. The first-order chi connectivity index (χ1) is 14.6. The SMILES string of the molecule is CCCCCCCCCCCCc1ccc2oc(-c3cc(Cl)cc(Cl)c3O)nc2c1. The van der Waals surface area contributed by atoms with Crippen LogP contribution in [0, 0.1) is 0 Å². The Bertz CT molecular complexity index is 952. The molecule has 1 aromatic heterocycles. The maximum atomic E-state index is 10.2. The van der Waals surface area contributed by atoms with Crippen molar-refractivity contribution in [2.75, 3.05) is 0 Å². The van der Waals surface area contributed by atoms with Crippen LogP contribution in [0.4, 0.5) is 0 Å². The van der Waals surface area contributed by atoms with Crippen LogP contribution in [0.1, 0.15) is 76.7 Å². The standard InChI is InChI=1S/C25H31Cl2NO2/c1-2-3-4-5-6-7-8-9-10-11-12-18-13-14-23-22(15-18)28-25(30-23)20-16-19(26)17-21(27)24(20)29/h13-17,29H,2-12H2,1H3. The van der Waals surface area contributed by atoms with Gasteiger partial charge < -0.3 is 9.52 Å². The first-order valence-electron chi connectivity index (χ1n) is 11.2. The predicted octanol–water partition coefficient (Wildman–Crippen LogP) is 8.97. The molecule has 3 aromatic rings. The molecule has 0 spiro atoms. The number of fused-ring (bicyclic) bond motifs is 1. The molecule has 0 radical (unpaired) electrons. The van der Waals surface area contributed by atoms with Crippen molar-refractivity contribution in [3.05, 3.63) is 45.9 Å². The molecule has 0 aliphatic carbocycles. The highest BCUT2D eigenvalue weighted by Gasteiger charge is 2.16. The Morgan fingerprint density at radius 2 is 1.53 bits per heavy atom. The van der Waals surface area contributed by atoms with Crippen LogP contribution >= 0.6 is 23.2 Å². The van der Waals surface area contributed by atoms with Crippen molar-refractivity contribution < 1.29 is 9.52 Å². The van der Waals surface area contributed by atoms with Gasteiger partial charge in [-0.2, -0.15) is 0 Å². The number of benzene rings is 2. The minimum absolute atomic E-state index is 0.0711. The van der Waals surface area contributed by atoms with E-state index in [0.717, 1.165) is 11.9 Å². The molecule has 0 amide bonds. The second-order valence-corrected chi connectivity index (χ2v) is 8.88. The van der Waals surface area contributed by atoms with Crippen LogP contribution in [-0.4, -0.2) is 10.1 Å². The van der Waals surface area contributed by atoms with Gasteiger partial charge in [0.15, 0.2) is 5.58 Å². The van der Waals surface area contributed by atoms with Crippen molar-refractivity contribution in [3.8, 4) is 17.2 Å². The number of aromatic nitrogens is 1. The van der Waals surface area contributed by atoms with E-state index in [0.29, 0.717) is 22.1 Å². The summed E-state index contributed by atoms with van der Waals surface area (Å²) < 4.78 is 5.82. The van der Waals surface area contributed by atoms with Crippen LogP contribution in [-0.2, 0) is 6.42 Å². The second kappa shape index (κ2) is 11.6. The number of halogens is 2. The molecule has 0 saturated carbocycles. The normalized spacial score (nSPS) is 11.4. The van der Waals surface area contributed by atoms with Crippen molar-refractivity contribution in [1.82, 2.24) is 4.98 Å². The molecule has 162 valence electrons. The van der Waals surface area contributed by atoms with Crippen LogP contribution in [0.15, 0.2) is 34.7 Å². The molecule has 0 saturated heterocycles. The van der Waals surface area contributed by atoms with Gasteiger partial charge in [-0.25, -0.2) is 4.98 Å². The van der Waals surface area contributed by atoms with E-state index < -0.39 is 0 Å². The second-order valence-electron chi connectivity index (χ2n) is 8.04. The van der Waals surface area contributed by atoms with Gasteiger partial charge in [0.25, 0.3) is 0 Å². The fourth-order valence-electron chi connectivity index (χ4n) is 3.79. The molecular formula is C25H31Cl2NO2. The largest absolute Gasteiger partial charge is 0.506 e. The van der Waals surface area contributed by atoms with Gasteiger partial charge in [-0.3, -0.25) is 0 Å². The van der Waals surface area contributed by atoms with Crippen molar-refractivity contribution >= 4 is 34.3 Å². The number of nitrogens with zero attached hydrogens (tertiary/aromatic N) is 1. The van der Waals surface area contributed by atoms with Crippen LogP contribution in [0.5, 0.6) is 5.75 Å². The van der Waals surface area contributed by atoms with Crippen molar-refractivity contribution in [3.63, 3.8) is 0 Å². The van der Waals surface area contributed by atoms with E-state index in [1.807, 2.05) is 6.07 Å². The van der Waals surface area contributed by atoms with Crippen LogP contribution in [0.25, 0.3) is 22.6 Å². The molecule has 3 nitrogen and oxygen atoms in total. The third-order valence-corrected chi connectivity index (χ3v) is 6.04. The first-order valence-corrected chi connectivity index (χ1v) is 11.9. The van der Waals surface area contributed by atoms with Crippen LogP contribution < -0.4 is 0 Å². The average molecular weight is 448 g/mol. The zero-order valence-electron chi connectivity index (χ0n) is 17.7. The lowest BCUT2D eigenvalue weighted by Crippen LogP contribution is -1.87. The molecule has 1 heterocycles. The monoisotopic (exact) mass is 447 g/mol. The van der Waals surface area contributed by atoms with Gasteiger partial charge in [0.2, 0.25) is 5.89 Å². The minimum atomic E-state index is -0.0711. The molecule has 0 atom stereocenters. The molecule has 0 aliphatic rings. The molecule has 1 N–H and O–H groups in total. The van der Waals surface area contributed by atoms with E-state index in [2.05, 4.69) is 24.0 Å². The lowest BCUT2D eigenvalue weighted by atomic mass is 10.0. The molecule has 0 unspecified atom stereocenters. The number of hydrogen-bond donors (Lipinski definition) is 1. The lowest BCUT2D eigenvalue weighted by Gasteiger charge is -2.03. The number of rotatable bonds is 12. The van der Waals surface area contributed by atoms with Crippen molar-refractivity contribution in [2.45, 2.75) is 77.6 Å². The number of unbranched alkanes of at least 4 members (excludes halogenated alkanes) is 9. The lowest BCUT2D eigenvalue weighted by molar-refractivity contribution is 0.474. The molecule has 5 heteroatoms. The maximum Gasteiger partial charge on any atom is 0.231 e. The van der Waals surface area contributed by atoms with Gasteiger partial charge in [0.1, 0.15) is 11.3 Å². The van der Waals surface area contributed by atoms with E-state index in [-0.39, 0.29) is 10.8 Å². The summed E-state index contributed by atoms with van der Waals surface area (Å²) in [6.45, 7) is 2.26. The van der Waals surface area contributed by atoms with E-state index in [1.165, 1.54) is 75.8 Å². The number of oxazole rings is 1. The topological polar surface area (TPSA) is 46.3 Å². The third kappa shape index (κ3) is 6.39. The number of phenolic OH excluding ortho intramolecular Hbond substituents is 1. The Kier molecular flexibility index (Phi) is 8.89. The number of aryl methyl sites for hydroxylation is 1. The zero-order valence-corrected chi connectivity index (χ0v) is 19.2. The van der Waals surface area contributed by atoms with Crippen molar-refractivity contribution in [2.24, 2.45) is 0 Å². The number of aromatic hydroxyl groups is 1. The van der Waals surface area contributed by atoms with Crippen LogP contribution in [0.2, 0.25) is 10.0 Å². The van der Waals surface area contributed by atoms with Crippen molar-refractivity contribution in [1.29, 1.82) is 0 Å². The summed E-state index contributed by atoms with van der Waals surface area (Å²) in [4.78, 5) is 4.54. The highest BCUT2D eigenvalue weighted by Crippen LogP contribution is 2.38. The van der Waals surface area contributed by atoms with Gasteiger partial charge >= 0.3 is 0 Å². The summed E-state index contributed by atoms with van der Waals surface area (Å²) in [7, 11) is 0. The Morgan fingerprint density at radius 1 is 0.867 bits per heavy atom. The fourth-order valence-corrected chi connectivity index (χ4v) is 4.28. The molecule has 3 rings (SSSR count). The number of phenols is 1. The molecule has 2 aromatic carbocycles. The van der Waals surface area contributed by atoms with E-state index >= 15 is 0 Å². The van der Waals surface area contributed by atoms with E-state index in [9.17, 15) is 5.11 Å². The Balaban J connectivity index is 1.50. The summed E-state index contributed by atoms with van der Waals surface area (Å²) in [5.74, 6) is 0.251. The molecule has 30 heavy (non-hydrogen) atoms. The van der Waals surface area contributed by atoms with Gasteiger partial charge in [0.05, 0.1) is 10.6 Å². The maximum absolute atomic E-state index is 10.2. The summed E-state index contributed by atoms with van der Waals surface area (Å²) in [6.07, 6.45) is 14.4. The minimum Gasteiger partial charge on any atom is -0.506 e.